The summed E-state index contributed by atoms with van der Waals surface area (Å²) in [7, 11) is 0. The van der Waals surface area contributed by atoms with Crippen LogP contribution in [-0.4, -0.2) is 38.2 Å². The number of nitrogens with one attached hydrogen (secondary N) is 1. The number of carbonyl (C=O) groups is 1. The normalized spacial score (nSPS) is 14.1. The van der Waals surface area contributed by atoms with E-state index in [1.165, 1.54) is 6.20 Å². The summed E-state index contributed by atoms with van der Waals surface area (Å²) in [6.07, 6.45) is 7.59. The molecule has 0 bridgehead atoms. The molecule has 0 spiro atoms. The maximum atomic E-state index is 12.9. The van der Waals surface area contributed by atoms with E-state index in [2.05, 4.69) is 20.4 Å². The molecule has 1 aliphatic carbocycles. The molecule has 30 heavy (non-hydrogen) atoms. The van der Waals surface area contributed by atoms with Crippen LogP contribution in [0.3, 0.4) is 0 Å². The first-order valence-electron chi connectivity index (χ1n) is 9.54. The molecule has 0 aromatic carbocycles. The smallest absolute Gasteiger partial charge is 0.278 e. The molecule has 0 saturated heterocycles. The van der Waals surface area contributed by atoms with Crippen LogP contribution >= 0.6 is 11.6 Å². The van der Waals surface area contributed by atoms with Crippen molar-refractivity contribution in [3.05, 3.63) is 41.3 Å². The van der Waals surface area contributed by atoms with Crippen LogP contribution in [0.4, 0.5) is 14.6 Å². The van der Waals surface area contributed by atoms with Crippen molar-refractivity contribution in [2.75, 3.05) is 11.9 Å². The predicted octanol–water partition coefficient (Wildman–Crippen LogP) is 4.30. The van der Waals surface area contributed by atoms with Gasteiger partial charge in [0.05, 0.1) is 17.4 Å². The average molecular weight is 436 g/mol. The van der Waals surface area contributed by atoms with E-state index in [0.29, 0.717) is 30.2 Å². The maximum Gasteiger partial charge on any atom is 0.278 e. The Bertz CT molecular complexity index is 1080. The quantitative estimate of drug-likeness (QED) is 0.570. The number of amides is 1. The van der Waals surface area contributed by atoms with E-state index in [4.69, 9.17) is 16.3 Å². The third kappa shape index (κ3) is 5.21. The number of fused-ring (bicyclic) bond motifs is 1. The van der Waals surface area contributed by atoms with Gasteiger partial charge in [0.25, 0.3) is 5.92 Å². The second kappa shape index (κ2) is 8.14. The van der Waals surface area contributed by atoms with E-state index < -0.39 is 12.5 Å². The number of hydrogen-bond acceptors (Lipinski definition) is 5. The Morgan fingerprint density at radius 1 is 1.40 bits per heavy atom. The average Bonchev–Trinajstić information content (AvgIpc) is 3.36. The molecule has 0 aliphatic heterocycles. The number of hydrogen-bond donors (Lipinski definition) is 1. The summed E-state index contributed by atoms with van der Waals surface area (Å²) in [5.74, 6) is -2.10. The summed E-state index contributed by atoms with van der Waals surface area (Å²) in [4.78, 5) is 20.4. The highest BCUT2D eigenvalue weighted by Gasteiger charge is 2.25. The van der Waals surface area contributed by atoms with Crippen LogP contribution in [0, 0.1) is 5.92 Å². The van der Waals surface area contributed by atoms with Crippen molar-refractivity contribution < 1.29 is 18.3 Å². The Labute approximate surface area is 176 Å². The Balaban J connectivity index is 1.48. The lowest BCUT2D eigenvalue weighted by Crippen LogP contribution is -2.21. The zero-order valence-electron chi connectivity index (χ0n) is 16.2. The molecular formula is C20H20ClF2N5O2. The lowest BCUT2D eigenvalue weighted by Gasteiger charge is -2.12. The van der Waals surface area contributed by atoms with E-state index in [1.54, 1.807) is 29.2 Å². The minimum atomic E-state index is -2.97. The van der Waals surface area contributed by atoms with E-state index >= 15 is 0 Å². The van der Waals surface area contributed by atoms with Crippen LogP contribution in [-0.2, 0) is 11.3 Å². The largest absolute Gasteiger partial charge is 0.470 e. The van der Waals surface area contributed by atoms with Gasteiger partial charge in [-0.1, -0.05) is 11.6 Å². The van der Waals surface area contributed by atoms with Crippen LogP contribution in [0.25, 0.3) is 10.9 Å². The number of pyridine rings is 2. The minimum Gasteiger partial charge on any atom is -0.470 e. The molecule has 1 fully saturated rings. The maximum absolute atomic E-state index is 12.9. The fourth-order valence-corrected chi connectivity index (χ4v) is 3.22. The predicted molar refractivity (Wildman–Crippen MR) is 108 cm³/mol. The van der Waals surface area contributed by atoms with Gasteiger partial charge < -0.3 is 10.1 Å². The Kier molecular flexibility index (Phi) is 5.55. The van der Waals surface area contributed by atoms with Crippen molar-refractivity contribution >= 4 is 34.2 Å². The summed E-state index contributed by atoms with van der Waals surface area (Å²) in [5.41, 5.74) is 1.41. The molecule has 0 unspecified atom stereocenters. The van der Waals surface area contributed by atoms with Gasteiger partial charge in [-0.05, 0) is 36.5 Å². The highest BCUT2D eigenvalue weighted by Crippen LogP contribution is 2.33. The summed E-state index contributed by atoms with van der Waals surface area (Å²) in [6.45, 7) is 0.308. The van der Waals surface area contributed by atoms with Crippen LogP contribution in [0.2, 0.25) is 5.02 Å². The molecule has 0 atom stereocenters. The van der Waals surface area contributed by atoms with Crippen LogP contribution in [0.1, 0.15) is 31.7 Å². The van der Waals surface area contributed by atoms with Gasteiger partial charge in [-0.15, -0.1) is 0 Å². The van der Waals surface area contributed by atoms with Crippen molar-refractivity contribution in [2.45, 2.75) is 38.7 Å². The van der Waals surface area contributed by atoms with Crippen molar-refractivity contribution in [1.82, 2.24) is 19.7 Å². The van der Waals surface area contributed by atoms with Gasteiger partial charge in [-0.25, -0.2) is 18.7 Å². The number of nitrogens with zero attached hydrogens (tertiary/aromatic N) is 4. The van der Waals surface area contributed by atoms with E-state index in [0.717, 1.165) is 30.7 Å². The van der Waals surface area contributed by atoms with Gasteiger partial charge in [-0.3, -0.25) is 9.48 Å². The standard InChI is InChI=1S/C20H20ClF2N5O2/c1-20(22,23)11-30-19-15(21)6-13(8-25-19)9-28-10-14-16(27-28)4-5-24-18(14)26-17(29)7-12-2-3-12/h4-6,8,10,12H,2-3,7,9,11H2,1H3,(H,24,26,29). The zero-order valence-corrected chi connectivity index (χ0v) is 17.0. The van der Waals surface area contributed by atoms with Crippen LogP contribution in [0.15, 0.2) is 30.7 Å². The highest BCUT2D eigenvalue weighted by molar-refractivity contribution is 6.31. The Morgan fingerprint density at radius 2 is 2.20 bits per heavy atom. The molecule has 1 saturated carbocycles. The van der Waals surface area contributed by atoms with Gasteiger partial charge in [0.2, 0.25) is 11.8 Å². The first kappa shape index (κ1) is 20.5. The van der Waals surface area contributed by atoms with Crippen molar-refractivity contribution in [2.24, 2.45) is 5.92 Å². The van der Waals surface area contributed by atoms with Crippen LogP contribution < -0.4 is 10.1 Å². The monoisotopic (exact) mass is 435 g/mol. The van der Waals surface area contributed by atoms with Crippen LogP contribution in [0.5, 0.6) is 5.88 Å². The van der Waals surface area contributed by atoms with Gasteiger partial charge in [0, 0.05) is 31.9 Å². The summed E-state index contributed by atoms with van der Waals surface area (Å²) in [6, 6.07) is 3.36. The lowest BCUT2D eigenvalue weighted by molar-refractivity contribution is -0.116. The van der Waals surface area contributed by atoms with Crippen molar-refractivity contribution in [3.63, 3.8) is 0 Å². The van der Waals surface area contributed by atoms with Gasteiger partial charge in [0.1, 0.15) is 10.8 Å². The summed E-state index contributed by atoms with van der Waals surface area (Å²) >= 11 is 6.11. The third-order valence-corrected chi connectivity index (χ3v) is 4.85. The SMILES string of the molecule is CC(F)(F)COc1ncc(Cn2cc3c(NC(=O)CC4CC4)nccc3n2)cc1Cl. The number of ether oxygens (including phenoxy) is 1. The van der Waals surface area contributed by atoms with E-state index in [1.807, 2.05) is 0 Å². The van der Waals surface area contributed by atoms with Gasteiger partial charge >= 0.3 is 0 Å². The molecule has 158 valence electrons. The molecule has 10 heteroatoms. The topological polar surface area (TPSA) is 81.9 Å². The van der Waals surface area contributed by atoms with Gasteiger partial charge in [0.15, 0.2) is 6.61 Å². The Morgan fingerprint density at radius 3 is 2.90 bits per heavy atom. The first-order chi connectivity index (χ1) is 14.3. The van der Waals surface area contributed by atoms with E-state index in [-0.39, 0.29) is 16.8 Å². The lowest BCUT2D eigenvalue weighted by atomic mass is 10.2. The summed E-state index contributed by atoms with van der Waals surface area (Å²) in [5, 5.41) is 8.23. The number of rotatable bonds is 8. The molecule has 3 heterocycles. The number of anilines is 1. The second-order valence-corrected chi connectivity index (χ2v) is 8.01. The zero-order chi connectivity index (χ0) is 21.3. The first-order valence-corrected chi connectivity index (χ1v) is 9.92. The third-order valence-electron chi connectivity index (χ3n) is 4.58. The number of aromatic nitrogens is 4. The molecule has 1 amide bonds. The second-order valence-electron chi connectivity index (χ2n) is 7.60. The molecule has 7 nitrogen and oxygen atoms in total. The van der Waals surface area contributed by atoms with Gasteiger partial charge in [-0.2, -0.15) is 5.10 Å². The highest BCUT2D eigenvalue weighted by atomic mass is 35.5. The van der Waals surface area contributed by atoms with Crippen molar-refractivity contribution in [3.8, 4) is 5.88 Å². The number of halogens is 3. The fourth-order valence-electron chi connectivity index (χ4n) is 2.98. The molecule has 3 aromatic rings. The minimum absolute atomic E-state index is 0.0440. The molecule has 0 radical (unpaired) electrons. The number of alkyl halides is 2. The summed E-state index contributed by atoms with van der Waals surface area (Å²) < 4.78 is 32.5. The van der Waals surface area contributed by atoms with E-state index in [9.17, 15) is 13.6 Å². The molecular weight excluding hydrogens is 416 g/mol. The molecule has 1 N–H and O–H groups in total. The fraction of sp³-hybridized carbons (Fsp3) is 0.400. The van der Waals surface area contributed by atoms with Crippen molar-refractivity contribution in [1.29, 1.82) is 0 Å². The molecule has 3 aromatic heterocycles. The Hall–Kier alpha value is -2.81. The number of carbonyl (C=O) groups excluding carboxylic acids is 1. The molecule has 1 aliphatic rings. The molecule has 4 rings (SSSR count).